The van der Waals surface area contributed by atoms with E-state index in [1.54, 1.807) is 56.3 Å². The highest BCUT2D eigenvalue weighted by molar-refractivity contribution is 7.07. The monoisotopic (exact) mass is 602 g/mol. The lowest BCUT2D eigenvalue weighted by molar-refractivity contribution is -0.140. The molecule has 0 saturated carbocycles. The standard InChI is InChI=1S/C29H28Cl2N2O6S/c1-6-37-23-13-19(8-10-22(23)39-17(5)34)26-25(28(36)38-14-15(2)3)16(4)32-29-33(26)27(35)24(40-29)12-18-7-9-20(30)21(31)11-18/h7-13,15,26H,6,14H2,1-5H3/b24-12+/t26-/m0/s1. The van der Waals surface area contributed by atoms with Crippen LogP contribution in [0.2, 0.25) is 10.0 Å². The summed E-state index contributed by atoms with van der Waals surface area (Å²) in [4.78, 5) is 44.0. The van der Waals surface area contributed by atoms with E-state index in [1.807, 2.05) is 13.8 Å². The number of fused-ring (bicyclic) bond motifs is 1. The quantitative estimate of drug-likeness (QED) is 0.264. The van der Waals surface area contributed by atoms with Crippen LogP contribution in [0, 0.1) is 5.92 Å². The van der Waals surface area contributed by atoms with Gasteiger partial charge in [-0.1, -0.05) is 60.5 Å². The van der Waals surface area contributed by atoms with Crippen molar-refractivity contribution in [3.8, 4) is 11.5 Å². The number of carbonyl (C=O) groups is 2. The molecular weight excluding hydrogens is 575 g/mol. The lowest BCUT2D eigenvalue weighted by Crippen LogP contribution is -2.40. The Balaban J connectivity index is 1.93. The molecule has 40 heavy (non-hydrogen) atoms. The molecule has 1 aromatic heterocycles. The van der Waals surface area contributed by atoms with Gasteiger partial charge in [-0.15, -0.1) is 0 Å². The summed E-state index contributed by atoms with van der Waals surface area (Å²) in [6, 6.07) is 9.15. The Morgan fingerprint density at radius 1 is 1.12 bits per heavy atom. The Kier molecular flexibility index (Phi) is 9.18. The topological polar surface area (TPSA) is 96.2 Å². The fourth-order valence-corrected chi connectivity index (χ4v) is 5.53. The molecular formula is C29H28Cl2N2O6S. The van der Waals surface area contributed by atoms with Gasteiger partial charge in [0.1, 0.15) is 0 Å². The maximum Gasteiger partial charge on any atom is 0.338 e. The van der Waals surface area contributed by atoms with Gasteiger partial charge in [0.15, 0.2) is 16.3 Å². The van der Waals surface area contributed by atoms with Crippen LogP contribution < -0.4 is 24.4 Å². The minimum Gasteiger partial charge on any atom is -0.490 e. The zero-order valence-electron chi connectivity index (χ0n) is 22.6. The van der Waals surface area contributed by atoms with Crippen molar-refractivity contribution in [3.63, 3.8) is 0 Å². The number of carbonyl (C=O) groups excluding carboxylic acids is 2. The molecule has 0 bridgehead atoms. The molecule has 1 aliphatic rings. The third kappa shape index (κ3) is 6.32. The third-order valence-corrected chi connectivity index (χ3v) is 7.59. The van der Waals surface area contributed by atoms with E-state index in [4.69, 9.17) is 37.4 Å². The first-order valence-corrected chi connectivity index (χ1v) is 14.2. The maximum atomic E-state index is 13.9. The van der Waals surface area contributed by atoms with Crippen LogP contribution in [0.3, 0.4) is 0 Å². The normalized spacial score (nSPS) is 15.1. The number of ether oxygens (including phenoxy) is 3. The smallest absolute Gasteiger partial charge is 0.338 e. The Labute approximate surface area is 245 Å². The molecule has 4 rings (SSSR count). The molecule has 0 amide bonds. The fourth-order valence-electron chi connectivity index (χ4n) is 4.17. The number of esters is 2. The van der Waals surface area contributed by atoms with Crippen LogP contribution in [-0.2, 0) is 14.3 Å². The molecule has 1 aliphatic heterocycles. The van der Waals surface area contributed by atoms with Crippen molar-refractivity contribution in [2.24, 2.45) is 10.9 Å². The Hall–Kier alpha value is -3.40. The summed E-state index contributed by atoms with van der Waals surface area (Å²) in [6.45, 7) is 9.20. The number of hydrogen-bond acceptors (Lipinski definition) is 8. The highest BCUT2D eigenvalue weighted by Crippen LogP contribution is 2.36. The maximum absolute atomic E-state index is 13.9. The van der Waals surface area contributed by atoms with E-state index in [-0.39, 0.29) is 29.4 Å². The largest absolute Gasteiger partial charge is 0.490 e. The van der Waals surface area contributed by atoms with Crippen molar-refractivity contribution < 1.29 is 23.8 Å². The van der Waals surface area contributed by atoms with Gasteiger partial charge in [0.2, 0.25) is 0 Å². The van der Waals surface area contributed by atoms with Crippen LogP contribution in [0.1, 0.15) is 51.8 Å². The number of benzene rings is 2. The van der Waals surface area contributed by atoms with Gasteiger partial charge in [0.25, 0.3) is 5.56 Å². The minimum atomic E-state index is -0.863. The van der Waals surface area contributed by atoms with E-state index >= 15 is 0 Å². The second-order valence-corrected chi connectivity index (χ2v) is 11.3. The first-order valence-electron chi connectivity index (χ1n) is 12.6. The SMILES string of the molecule is CCOc1cc([C@H]2C(C(=O)OCC(C)C)=C(C)N=c3s/c(=C/c4ccc(Cl)c(Cl)c4)c(=O)n32)ccc1OC(C)=O. The molecule has 2 aromatic carbocycles. The van der Waals surface area contributed by atoms with Crippen molar-refractivity contribution in [2.45, 2.75) is 40.7 Å². The number of aromatic nitrogens is 1. The lowest BCUT2D eigenvalue weighted by atomic mass is 9.95. The number of hydrogen-bond donors (Lipinski definition) is 0. The number of halogens is 2. The van der Waals surface area contributed by atoms with Gasteiger partial charge in [-0.05, 0) is 61.2 Å². The van der Waals surface area contributed by atoms with Gasteiger partial charge in [0, 0.05) is 6.92 Å². The van der Waals surface area contributed by atoms with Crippen LogP contribution >= 0.6 is 34.5 Å². The summed E-state index contributed by atoms with van der Waals surface area (Å²) < 4.78 is 18.5. The van der Waals surface area contributed by atoms with Gasteiger partial charge >= 0.3 is 11.9 Å². The Bertz CT molecular complexity index is 1690. The van der Waals surface area contributed by atoms with E-state index in [2.05, 4.69) is 4.99 Å². The number of nitrogens with zero attached hydrogens (tertiary/aromatic N) is 2. The van der Waals surface area contributed by atoms with Gasteiger partial charge in [-0.25, -0.2) is 9.79 Å². The van der Waals surface area contributed by atoms with Crippen molar-refractivity contribution in [2.75, 3.05) is 13.2 Å². The average Bonchev–Trinajstić information content (AvgIpc) is 3.19. The summed E-state index contributed by atoms with van der Waals surface area (Å²) >= 11 is 13.4. The van der Waals surface area contributed by atoms with Crippen molar-refractivity contribution in [3.05, 3.63) is 88.5 Å². The molecule has 1 atom stereocenters. The number of allylic oxidation sites excluding steroid dienone is 1. The molecule has 0 N–H and O–H groups in total. The van der Waals surface area contributed by atoms with Gasteiger partial charge in [-0.3, -0.25) is 14.2 Å². The van der Waals surface area contributed by atoms with Crippen molar-refractivity contribution >= 4 is 52.6 Å². The van der Waals surface area contributed by atoms with E-state index in [0.29, 0.717) is 48.6 Å². The molecule has 0 fully saturated rings. The summed E-state index contributed by atoms with van der Waals surface area (Å²) in [6.07, 6.45) is 1.70. The summed E-state index contributed by atoms with van der Waals surface area (Å²) in [5.74, 6) is -0.422. The summed E-state index contributed by atoms with van der Waals surface area (Å²) in [7, 11) is 0. The molecule has 8 nitrogen and oxygen atoms in total. The Morgan fingerprint density at radius 3 is 2.52 bits per heavy atom. The molecule has 0 saturated heterocycles. The number of thiazole rings is 1. The van der Waals surface area contributed by atoms with Crippen molar-refractivity contribution in [1.82, 2.24) is 4.57 Å². The summed E-state index contributed by atoms with van der Waals surface area (Å²) in [5.41, 5.74) is 1.57. The summed E-state index contributed by atoms with van der Waals surface area (Å²) in [5, 5.41) is 0.770. The third-order valence-electron chi connectivity index (χ3n) is 5.87. The lowest BCUT2D eigenvalue weighted by Gasteiger charge is -2.25. The minimum absolute atomic E-state index is 0.114. The predicted octanol–water partition coefficient (Wildman–Crippen LogP) is 5.07. The second kappa shape index (κ2) is 12.4. The predicted molar refractivity (Wildman–Crippen MR) is 155 cm³/mol. The molecule has 11 heteroatoms. The molecule has 210 valence electrons. The molecule has 3 aromatic rings. The van der Waals surface area contributed by atoms with Crippen LogP contribution in [0.25, 0.3) is 6.08 Å². The first-order chi connectivity index (χ1) is 19.0. The zero-order valence-corrected chi connectivity index (χ0v) is 24.9. The molecule has 0 aliphatic carbocycles. The zero-order chi connectivity index (χ0) is 29.1. The van der Waals surface area contributed by atoms with E-state index in [9.17, 15) is 14.4 Å². The highest BCUT2D eigenvalue weighted by Gasteiger charge is 2.34. The number of rotatable bonds is 8. The second-order valence-electron chi connectivity index (χ2n) is 9.48. The molecule has 0 radical (unpaired) electrons. The van der Waals surface area contributed by atoms with Crippen LogP contribution in [0.15, 0.2) is 57.5 Å². The molecule has 0 spiro atoms. The highest BCUT2D eigenvalue weighted by atomic mass is 35.5. The van der Waals surface area contributed by atoms with Crippen LogP contribution in [0.4, 0.5) is 0 Å². The first kappa shape index (κ1) is 29.6. The molecule has 2 heterocycles. The van der Waals surface area contributed by atoms with E-state index in [1.165, 1.54) is 22.8 Å². The van der Waals surface area contributed by atoms with Crippen molar-refractivity contribution in [1.29, 1.82) is 0 Å². The van der Waals surface area contributed by atoms with Gasteiger partial charge in [-0.2, -0.15) is 0 Å². The van der Waals surface area contributed by atoms with Gasteiger partial charge < -0.3 is 14.2 Å². The van der Waals surface area contributed by atoms with Crippen LogP contribution in [-0.4, -0.2) is 29.7 Å². The van der Waals surface area contributed by atoms with E-state index in [0.717, 1.165) is 0 Å². The van der Waals surface area contributed by atoms with Crippen LogP contribution in [0.5, 0.6) is 11.5 Å². The van der Waals surface area contributed by atoms with E-state index < -0.39 is 18.0 Å². The van der Waals surface area contributed by atoms with Gasteiger partial charge in [0.05, 0.1) is 45.1 Å². The average molecular weight is 604 g/mol. The Morgan fingerprint density at radius 2 is 1.88 bits per heavy atom. The fraction of sp³-hybridized carbons (Fsp3) is 0.310. The molecule has 0 unspecified atom stereocenters.